The van der Waals surface area contributed by atoms with Gasteiger partial charge >= 0.3 is 5.97 Å². The Morgan fingerprint density at radius 2 is 1.53 bits per heavy atom. The smallest absolute Gasteiger partial charge is 0.331 e. The average Bonchev–Trinajstić information content (AvgIpc) is 3.22. The van der Waals surface area contributed by atoms with Crippen molar-refractivity contribution in [2.75, 3.05) is 0 Å². The Labute approximate surface area is 222 Å². The highest BCUT2D eigenvalue weighted by Gasteiger charge is 2.19. The molecule has 3 aromatic carbocycles. The van der Waals surface area contributed by atoms with Crippen LogP contribution in [0.4, 0.5) is 0 Å². The molecule has 0 amide bonds. The van der Waals surface area contributed by atoms with E-state index in [2.05, 4.69) is 16.6 Å². The molecule has 0 aliphatic carbocycles. The van der Waals surface area contributed by atoms with Gasteiger partial charge in [-0.15, -0.1) is 0 Å². The predicted octanol–water partition coefficient (Wildman–Crippen LogP) is 7.20. The molecule has 0 aliphatic rings. The molecule has 0 aliphatic heterocycles. The lowest BCUT2D eigenvalue weighted by atomic mass is 9.97. The van der Waals surface area contributed by atoms with Crippen molar-refractivity contribution in [2.24, 2.45) is 5.16 Å². The number of fused-ring (bicyclic) bond motifs is 3. The number of allylic oxidation sites excluding steroid dienone is 2. The zero-order valence-electron chi connectivity index (χ0n) is 22.5. The van der Waals surface area contributed by atoms with Crippen LogP contribution < -0.4 is 0 Å². The van der Waals surface area contributed by atoms with E-state index in [-0.39, 0.29) is 17.3 Å². The van der Waals surface area contributed by atoms with Crippen LogP contribution in [-0.2, 0) is 16.2 Å². The predicted molar refractivity (Wildman–Crippen MR) is 152 cm³/mol. The van der Waals surface area contributed by atoms with Crippen LogP contribution in [0.5, 0.6) is 0 Å². The standard InChI is InChI=1S/C32H32N2O4/c1-6-34-29-16-14-23(31(36)25-12-8-7-11-21(25)4)18-26(29)27-19-24(15-17-30(27)34)32(37)28(33-38-22(5)35)13-9-10-20(2)3/h7-8,10-12,14-19H,6,9,13H2,1-5H3/b33-28+. The summed E-state index contributed by atoms with van der Waals surface area (Å²) in [6.45, 7) is 9.96. The second-order valence-electron chi connectivity index (χ2n) is 9.62. The summed E-state index contributed by atoms with van der Waals surface area (Å²) in [6, 6.07) is 18.8. The summed E-state index contributed by atoms with van der Waals surface area (Å²) < 4.78 is 2.17. The molecular formula is C32H32N2O4. The highest BCUT2D eigenvalue weighted by molar-refractivity contribution is 6.46. The third-order valence-electron chi connectivity index (χ3n) is 6.58. The van der Waals surface area contributed by atoms with Crippen molar-refractivity contribution in [1.29, 1.82) is 0 Å². The van der Waals surface area contributed by atoms with E-state index in [0.29, 0.717) is 29.5 Å². The number of aryl methyl sites for hydroxylation is 2. The van der Waals surface area contributed by atoms with Gasteiger partial charge in [0.15, 0.2) is 5.78 Å². The molecule has 1 heterocycles. The lowest BCUT2D eigenvalue weighted by Crippen LogP contribution is -2.15. The number of benzene rings is 3. The Bertz CT molecular complexity index is 1620. The Morgan fingerprint density at radius 3 is 2.13 bits per heavy atom. The van der Waals surface area contributed by atoms with Crippen LogP contribution in [0.3, 0.4) is 0 Å². The first kappa shape index (κ1) is 26.7. The summed E-state index contributed by atoms with van der Waals surface area (Å²) in [5, 5.41) is 5.66. The van der Waals surface area contributed by atoms with Gasteiger partial charge in [0.25, 0.3) is 0 Å². The highest BCUT2D eigenvalue weighted by atomic mass is 16.7. The van der Waals surface area contributed by atoms with Crippen LogP contribution in [0.15, 0.2) is 77.5 Å². The van der Waals surface area contributed by atoms with Crippen molar-refractivity contribution in [3.05, 3.63) is 94.6 Å². The van der Waals surface area contributed by atoms with Gasteiger partial charge in [0.2, 0.25) is 5.78 Å². The van der Waals surface area contributed by atoms with Crippen LogP contribution in [0, 0.1) is 6.92 Å². The summed E-state index contributed by atoms with van der Waals surface area (Å²) in [7, 11) is 0. The molecule has 4 aromatic rings. The van der Waals surface area contributed by atoms with Crippen LogP contribution in [-0.4, -0.2) is 27.8 Å². The van der Waals surface area contributed by atoms with Crippen molar-refractivity contribution >= 4 is 45.1 Å². The maximum absolute atomic E-state index is 13.5. The number of carbonyl (C=O) groups excluding carboxylic acids is 3. The zero-order valence-corrected chi connectivity index (χ0v) is 22.5. The Morgan fingerprint density at radius 1 is 0.895 bits per heavy atom. The number of carbonyl (C=O) groups is 3. The van der Waals surface area contributed by atoms with Gasteiger partial charge < -0.3 is 9.40 Å². The first-order valence-electron chi connectivity index (χ1n) is 12.8. The van der Waals surface area contributed by atoms with Gasteiger partial charge in [-0.25, -0.2) is 4.79 Å². The Balaban J connectivity index is 1.81. The molecule has 1 aromatic heterocycles. The molecule has 0 saturated carbocycles. The van der Waals surface area contributed by atoms with Crippen LogP contribution in [0.1, 0.15) is 72.4 Å². The van der Waals surface area contributed by atoms with E-state index >= 15 is 0 Å². The van der Waals surface area contributed by atoms with Crippen molar-refractivity contribution < 1.29 is 19.2 Å². The molecule has 6 heteroatoms. The second-order valence-corrected chi connectivity index (χ2v) is 9.62. The second kappa shape index (κ2) is 11.4. The molecule has 38 heavy (non-hydrogen) atoms. The van der Waals surface area contributed by atoms with E-state index < -0.39 is 5.97 Å². The molecule has 4 rings (SSSR count). The molecular weight excluding hydrogens is 476 g/mol. The van der Waals surface area contributed by atoms with Crippen LogP contribution in [0.2, 0.25) is 0 Å². The van der Waals surface area contributed by atoms with Crippen LogP contribution >= 0.6 is 0 Å². The van der Waals surface area contributed by atoms with Gasteiger partial charge in [0, 0.05) is 58.4 Å². The van der Waals surface area contributed by atoms with Gasteiger partial charge in [0.1, 0.15) is 5.71 Å². The summed E-state index contributed by atoms with van der Waals surface area (Å²) in [4.78, 5) is 43.0. The van der Waals surface area contributed by atoms with Crippen molar-refractivity contribution in [2.45, 2.75) is 54.0 Å². The number of aromatic nitrogens is 1. The third kappa shape index (κ3) is 5.49. The fraction of sp³-hybridized carbons (Fsp3) is 0.250. The maximum Gasteiger partial charge on any atom is 0.331 e. The van der Waals surface area contributed by atoms with E-state index in [1.165, 1.54) is 6.92 Å². The minimum atomic E-state index is -0.579. The molecule has 0 N–H and O–H groups in total. The van der Waals surface area contributed by atoms with E-state index in [1.54, 1.807) is 6.07 Å². The molecule has 0 fully saturated rings. The summed E-state index contributed by atoms with van der Waals surface area (Å²) in [6.07, 6.45) is 2.97. The Hall–Kier alpha value is -4.32. The average molecular weight is 509 g/mol. The largest absolute Gasteiger partial charge is 0.341 e. The molecule has 6 nitrogen and oxygen atoms in total. The number of ketones is 2. The monoisotopic (exact) mass is 508 g/mol. The first-order valence-corrected chi connectivity index (χ1v) is 12.8. The van der Waals surface area contributed by atoms with E-state index in [4.69, 9.17) is 4.84 Å². The van der Waals surface area contributed by atoms with Gasteiger partial charge in [-0.1, -0.05) is 41.1 Å². The zero-order chi connectivity index (χ0) is 27.4. The van der Waals surface area contributed by atoms with Crippen molar-refractivity contribution in [3.63, 3.8) is 0 Å². The fourth-order valence-electron chi connectivity index (χ4n) is 4.69. The highest BCUT2D eigenvalue weighted by Crippen LogP contribution is 2.32. The SMILES string of the molecule is CCn1c2ccc(C(=O)/C(CCC=C(C)C)=N/OC(C)=O)cc2c2cc(C(=O)c3ccccc3C)ccc21. The summed E-state index contributed by atoms with van der Waals surface area (Å²) >= 11 is 0. The van der Waals surface area contributed by atoms with Gasteiger partial charge in [-0.2, -0.15) is 0 Å². The number of rotatable bonds is 9. The molecule has 0 bridgehead atoms. The number of hydrogen-bond acceptors (Lipinski definition) is 5. The third-order valence-corrected chi connectivity index (χ3v) is 6.58. The molecule has 0 saturated heterocycles. The van der Waals surface area contributed by atoms with Crippen molar-refractivity contribution in [3.8, 4) is 0 Å². The molecule has 0 unspecified atom stereocenters. The maximum atomic E-state index is 13.5. The van der Waals surface area contributed by atoms with E-state index in [0.717, 1.165) is 39.5 Å². The number of oxime groups is 1. The Kier molecular flexibility index (Phi) is 8.01. The minimum Gasteiger partial charge on any atom is -0.341 e. The van der Waals surface area contributed by atoms with E-state index in [1.807, 2.05) is 81.4 Å². The summed E-state index contributed by atoms with van der Waals surface area (Å²) in [5.74, 6) is -0.908. The molecule has 0 spiro atoms. The van der Waals surface area contributed by atoms with Gasteiger partial charge in [-0.05, 0) is 76.1 Å². The fourth-order valence-corrected chi connectivity index (χ4v) is 4.69. The van der Waals surface area contributed by atoms with Gasteiger partial charge in [-0.3, -0.25) is 9.59 Å². The number of Topliss-reactive ketones (excluding diaryl/α,β-unsaturated/α-hetero) is 1. The minimum absolute atomic E-state index is 0.0373. The molecule has 194 valence electrons. The van der Waals surface area contributed by atoms with Crippen LogP contribution in [0.25, 0.3) is 21.8 Å². The molecule has 0 atom stereocenters. The lowest BCUT2D eigenvalue weighted by Gasteiger charge is -2.06. The summed E-state index contributed by atoms with van der Waals surface area (Å²) in [5.41, 5.74) is 5.93. The topological polar surface area (TPSA) is 77.7 Å². The lowest BCUT2D eigenvalue weighted by molar-refractivity contribution is -0.140. The normalized spacial score (nSPS) is 11.6. The van der Waals surface area contributed by atoms with Gasteiger partial charge in [0.05, 0.1) is 0 Å². The van der Waals surface area contributed by atoms with Crippen molar-refractivity contribution in [1.82, 2.24) is 4.57 Å². The molecule has 0 radical (unpaired) electrons. The number of nitrogens with zero attached hydrogens (tertiary/aromatic N) is 2. The quantitative estimate of drug-likeness (QED) is 0.0787. The van der Waals surface area contributed by atoms with E-state index in [9.17, 15) is 14.4 Å². The first-order chi connectivity index (χ1) is 18.2. The number of hydrogen-bond donors (Lipinski definition) is 0.